The molecule has 156 valence electrons. The number of carbonyl (C=O) groups is 2. The van der Waals surface area contributed by atoms with E-state index in [0.717, 1.165) is 29.7 Å². The molecule has 6 heteroatoms. The number of fused-ring (bicyclic) bond motifs is 1. The van der Waals surface area contributed by atoms with Crippen molar-refractivity contribution in [2.24, 2.45) is 28.6 Å². The first kappa shape index (κ1) is 18.1. The molecule has 29 heavy (non-hydrogen) atoms. The summed E-state index contributed by atoms with van der Waals surface area (Å²) in [5.41, 5.74) is 1.40. The van der Waals surface area contributed by atoms with E-state index < -0.39 is 10.8 Å². The van der Waals surface area contributed by atoms with Crippen molar-refractivity contribution in [1.82, 2.24) is 0 Å². The average molecular weight is 399 g/mol. The largest absolute Gasteiger partial charge is 0.633 e. The van der Waals surface area contributed by atoms with Gasteiger partial charge in [0.2, 0.25) is 0 Å². The van der Waals surface area contributed by atoms with Gasteiger partial charge in [-0.15, -0.1) is 0 Å². The lowest BCUT2D eigenvalue weighted by atomic mass is 9.45. The van der Waals surface area contributed by atoms with E-state index in [1.807, 2.05) is 0 Å². The molecular formula is C23H29NO5. The van der Waals surface area contributed by atoms with Gasteiger partial charge in [0.05, 0.1) is 38.3 Å². The van der Waals surface area contributed by atoms with E-state index in [-0.39, 0.29) is 40.2 Å². The molecule has 6 nitrogen and oxygen atoms in total. The second-order valence-corrected chi connectivity index (χ2v) is 10.5. The molecule has 6 rings (SSSR count). The molecule has 0 aromatic rings. The first-order chi connectivity index (χ1) is 13.8. The van der Waals surface area contributed by atoms with Gasteiger partial charge in [-0.05, 0) is 18.4 Å². The minimum atomic E-state index is -0.796. The Hall–Kier alpha value is -1.66. The molecule has 0 radical (unpaired) electrons. The van der Waals surface area contributed by atoms with Crippen LogP contribution in [0.4, 0.5) is 0 Å². The van der Waals surface area contributed by atoms with Crippen LogP contribution in [0.3, 0.4) is 0 Å². The van der Waals surface area contributed by atoms with Crippen molar-refractivity contribution in [3.63, 3.8) is 0 Å². The first-order valence-electron chi connectivity index (χ1n) is 11.1. The molecule has 1 saturated carbocycles. The Kier molecular flexibility index (Phi) is 3.33. The molecule has 2 saturated heterocycles. The van der Waals surface area contributed by atoms with Gasteiger partial charge in [-0.3, -0.25) is 4.79 Å². The van der Waals surface area contributed by atoms with E-state index in [1.54, 1.807) is 0 Å². The highest BCUT2D eigenvalue weighted by atomic mass is 16.6. The van der Waals surface area contributed by atoms with Crippen LogP contribution in [0.5, 0.6) is 0 Å². The van der Waals surface area contributed by atoms with Crippen LogP contribution in [-0.2, 0) is 19.1 Å². The van der Waals surface area contributed by atoms with E-state index in [4.69, 9.17) is 9.47 Å². The number of Topliss-reactive ketones (excluding diaryl/α,β-unsaturated/α-hetero) is 1. The highest BCUT2D eigenvalue weighted by Gasteiger charge is 2.78. The van der Waals surface area contributed by atoms with Crippen molar-refractivity contribution in [1.29, 1.82) is 0 Å². The topological polar surface area (TPSA) is 75.7 Å². The Labute approximate surface area is 171 Å². The maximum absolute atomic E-state index is 14.3. The van der Waals surface area contributed by atoms with Crippen LogP contribution >= 0.6 is 0 Å². The third-order valence-corrected chi connectivity index (χ3v) is 9.67. The van der Waals surface area contributed by atoms with Crippen molar-refractivity contribution >= 4 is 11.8 Å². The summed E-state index contributed by atoms with van der Waals surface area (Å²) in [5, 5.41) is 14.0. The Bertz CT molecular complexity index is 920. The van der Waals surface area contributed by atoms with Crippen LogP contribution in [0.2, 0.25) is 0 Å². The SMILES string of the molecule is COC(=O)C1=C2CCOC3=C2[C@@]2(C1)C(=O)[C@@H]1C[C@@H]4[C@@]2(C)[C@H](CC3)C[N@@+]4([O-])C[C@H]1C. The predicted octanol–water partition coefficient (Wildman–Crippen LogP) is 2.87. The zero-order chi connectivity index (χ0) is 20.3. The van der Waals surface area contributed by atoms with Crippen LogP contribution in [0, 0.1) is 33.8 Å². The second-order valence-electron chi connectivity index (χ2n) is 10.5. The lowest BCUT2D eigenvalue weighted by molar-refractivity contribution is -0.908. The van der Waals surface area contributed by atoms with Crippen molar-refractivity contribution in [3.05, 3.63) is 27.7 Å². The van der Waals surface area contributed by atoms with E-state index in [1.165, 1.54) is 7.11 Å². The monoisotopic (exact) mass is 399 g/mol. The Balaban J connectivity index is 1.66. The summed E-state index contributed by atoms with van der Waals surface area (Å²) in [6.45, 7) is 5.97. The fraction of sp³-hybridized carbons (Fsp3) is 0.739. The van der Waals surface area contributed by atoms with Crippen molar-refractivity contribution < 1.29 is 23.7 Å². The number of piperidine rings is 1. The highest BCUT2D eigenvalue weighted by molar-refractivity contribution is 6.01. The minimum absolute atomic E-state index is 0.0709. The highest BCUT2D eigenvalue weighted by Crippen LogP contribution is 2.74. The third-order valence-electron chi connectivity index (χ3n) is 9.67. The number of quaternary nitrogens is 1. The second kappa shape index (κ2) is 5.33. The Morgan fingerprint density at radius 2 is 2.10 bits per heavy atom. The van der Waals surface area contributed by atoms with Gasteiger partial charge in [0, 0.05) is 53.6 Å². The normalized spacial score (nSPS) is 49.6. The van der Waals surface area contributed by atoms with Crippen LogP contribution in [-0.4, -0.2) is 49.2 Å². The summed E-state index contributed by atoms with van der Waals surface area (Å²) in [6.07, 6.45) is 3.38. The van der Waals surface area contributed by atoms with Gasteiger partial charge in [-0.25, -0.2) is 4.79 Å². The lowest BCUT2D eigenvalue weighted by Gasteiger charge is -2.62. The van der Waals surface area contributed by atoms with Gasteiger partial charge >= 0.3 is 5.97 Å². The third kappa shape index (κ3) is 1.79. The number of rotatable bonds is 1. The number of methoxy groups -OCH3 is 1. The summed E-state index contributed by atoms with van der Waals surface area (Å²) in [7, 11) is 1.41. The van der Waals surface area contributed by atoms with Crippen molar-refractivity contribution in [2.45, 2.75) is 52.0 Å². The minimum Gasteiger partial charge on any atom is -0.633 e. The van der Waals surface area contributed by atoms with E-state index in [2.05, 4.69) is 13.8 Å². The van der Waals surface area contributed by atoms with Gasteiger partial charge < -0.3 is 19.3 Å². The quantitative estimate of drug-likeness (QED) is 0.385. The summed E-state index contributed by atoms with van der Waals surface area (Å²) in [5.74, 6) is 1.000. The molecule has 0 amide bonds. The summed E-state index contributed by atoms with van der Waals surface area (Å²) >= 11 is 0. The van der Waals surface area contributed by atoms with Crippen LogP contribution in [0.15, 0.2) is 22.5 Å². The molecule has 6 aliphatic rings. The van der Waals surface area contributed by atoms with E-state index in [0.29, 0.717) is 44.5 Å². The van der Waals surface area contributed by atoms with Crippen LogP contribution in [0.1, 0.15) is 46.0 Å². The summed E-state index contributed by atoms with van der Waals surface area (Å²) < 4.78 is 11.1. The molecule has 0 aromatic carbocycles. The van der Waals surface area contributed by atoms with E-state index >= 15 is 0 Å². The molecule has 3 aliphatic carbocycles. The van der Waals surface area contributed by atoms with Gasteiger partial charge in [0.1, 0.15) is 11.5 Å². The lowest BCUT2D eigenvalue weighted by Crippen LogP contribution is -2.69. The summed E-state index contributed by atoms with van der Waals surface area (Å²) in [6, 6.07) is -0.0709. The molecule has 2 bridgehead atoms. The molecule has 3 fully saturated rings. The van der Waals surface area contributed by atoms with Gasteiger partial charge in [0.15, 0.2) is 0 Å². The number of nitrogens with zero attached hydrogens (tertiary/aromatic N) is 1. The zero-order valence-corrected chi connectivity index (χ0v) is 17.5. The number of allylic oxidation sites excluding steroid dienone is 2. The number of carbonyl (C=O) groups excluding carboxylic acids is 2. The number of ether oxygens (including phenoxy) is 2. The van der Waals surface area contributed by atoms with Crippen molar-refractivity contribution in [2.75, 3.05) is 26.8 Å². The number of esters is 1. The van der Waals surface area contributed by atoms with E-state index in [9.17, 15) is 14.8 Å². The molecule has 7 atom stereocenters. The van der Waals surface area contributed by atoms with Crippen LogP contribution < -0.4 is 0 Å². The Morgan fingerprint density at radius 1 is 1.31 bits per heavy atom. The fourth-order valence-electron chi connectivity index (χ4n) is 8.54. The molecule has 3 heterocycles. The predicted molar refractivity (Wildman–Crippen MR) is 104 cm³/mol. The van der Waals surface area contributed by atoms with Crippen molar-refractivity contribution in [3.8, 4) is 0 Å². The maximum Gasteiger partial charge on any atom is 0.334 e. The standard InChI is InChI=1S/C23H29NO5/c1-12-10-24(27)11-13-4-5-17-19-14(6-7-29-17)16(21(26)28-3)9-23(19)20(25)15(12)8-18(24)22(13,23)2/h12-13,15,18H,4-11H2,1-3H3/t12-,13-,15-,18-,22-,23+,24+/m1/s1. The molecule has 0 unspecified atom stereocenters. The smallest absolute Gasteiger partial charge is 0.334 e. The molecular weight excluding hydrogens is 370 g/mol. The first-order valence-corrected chi connectivity index (χ1v) is 11.1. The summed E-state index contributed by atoms with van der Waals surface area (Å²) in [4.78, 5) is 27.1. The molecule has 0 aromatic heterocycles. The van der Waals surface area contributed by atoms with Gasteiger partial charge in [0.25, 0.3) is 0 Å². The zero-order valence-electron chi connectivity index (χ0n) is 17.5. The number of ketones is 1. The number of hydrogen-bond donors (Lipinski definition) is 0. The Morgan fingerprint density at radius 3 is 2.86 bits per heavy atom. The van der Waals surface area contributed by atoms with Gasteiger partial charge in [-0.2, -0.15) is 0 Å². The maximum atomic E-state index is 14.3. The molecule has 3 aliphatic heterocycles. The molecule has 0 N–H and O–H groups in total. The number of hydrogen-bond acceptors (Lipinski definition) is 5. The average Bonchev–Trinajstić information content (AvgIpc) is 3.13. The molecule has 1 spiro atoms. The number of hydroxylamine groups is 3. The fourth-order valence-corrected chi connectivity index (χ4v) is 8.54. The van der Waals surface area contributed by atoms with Gasteiger partial charge in [-0.1, -0.05) is 13.8 Å². The van der Waals surface area contributed by atoms with Crippen LogP contribution in [0.25, 0.3) is 0 Å².